The van der Waals surface area contributed by atoms with Crippen molar-refractivity contribution in [2.24, 2.45) is 5.92 Å². The van der Waals surface area contributed by atoms with E-state index in [2.05, 4.69) is 88.7 Å². The topological polar surface area (TPSA) is 89.7 Å². The van der Waals surface area contributed by atoms with Crippen LogP contribution in [0.2, 0.25) is 0 Å². The van der Waals surface area contributed by atoms with Crippen molar-refractivity contribution in [1.82, 2.24) is 30.2 Å². The van der Waals surface area contributed by atoms with Crippen molar-refractivity contribution in [3.63, 3.8) is 0 Å². The highest BCUT2D eigenvalue weighted by Gasteiger charge is 2.43. The Morgan fingerprint density at radius 1 is 0.957 bits per heavy atom. The summed E-state index contributed by atoms with van der Waals surface area (Å²) in [5, 5.41) is 3.24. The summed E-state index contributed by atoms with van der Waals surface area (Å²) in [6.07, 6.45) is 13.1. The molecule has 236 valence electrons. The van der Waals surface area contributed by atoms with Gasteiger partial charge in [-0.1, -0.05) is 69.2 Å². The first kappa shape index (κ1) is 29.2. The largest absolute Gasteiger partial charge is 0.345 e. The lowest BCUT2D eigenvalue weighted by molar-refractivity contribution is -0.135. The lowest BCUT2D eigenvalue weighted by Crippen LogP contribution is -2.47. The maximum atomic E-state index is 13.5. The molecule has 8 rings (SSSR count). The molecule has 1 amide bonds. The quantitative estimate of drug-likeness (QED) is 0.174. The van der Waals surface area contributed by atoms with Gasteiger partial charge in [0.25, 0.3) is 0 Å². The molecule has 3 aromatic carbocycles. The van der Waals surface area contributed by atoms with Crippen molar-refractivity contribution in [2.75, 3.05) is 13.6 Å². The minimum Gasteiger partial charge on any atom is -0.345 e. The molecular weight excluding hydrogens is 568 g/mol. The van der Waals surface area contributed by atoms with Crippen molar-refractivity contribution in [1.29, 1.82) is 0 Å². The van der Waals surface area contributed by atoms with Crippen molar-refractivity contribution in [2.45, 2.75) is 82.7 Å². The molecule has 5 aromatic rings. The van der Waals surface area contributed by atoms with Crippen LogP contribution in [0.15, 0.2) is 67.1 Å². The maximum absolute atomic E-state index is 13.5. The van der Waals surface area contributed by atoms with Gasteiger partial charge in [-0.3, -0.25) is 4.79 Å². The molecule has 3 heterocycles. The molecule has 2 fully saturated rings. The molecule has 2 aromatic heterocycles. The Morgan fingerprint density at radius 2 is 1.72 bits per heavy atom. The van der Waals surface area contributed by atoms with Crippen LogP contribution in [0, 0.1) is 5.92 Å². The van der Waals surface area contributed by atoms with E-state index < -0.39 is 0 Å². The van der Waals surface area contributed by atoms with Crippen LogP contribution in [-0.2, 0) is 16.6 Å². The lowest BCUT2D eigenvalue weighted by Gasteiger charge is -2.29. The van der Waals surface area contributed by atoms with Crippen molar-refractivity contribution in [3.8, 4) is 33.5 Å². The summed E-state index contributed by atoms with van der Waals surface area (Å²) in [5.74, 6) is 1.31. The summed E-state index contributed by atoms with van der Waals surface area (Å²) >= 11 is 0. The van der Waals surface area contributed by atoms with Crippen LogP contribution in [-0.4, -0.2) is 50.4 Å². The minimum atomic E-state index is -0.182. The van der Waals surface area contributed by atoms with Crippen LogP contribution < -0.4 is 5.32 Å². The number of carbonyl (C=O) groups excluding carboxylic acids is 1. The molecule has 1 spiro atoms. The van der Waals surface area contributed by atoms with Gasteiger partial charge in [-0.05, 0) is 108 Å². The Kier molecular flexibility index (Phi) is 7.32. The van der Waals surface area contributed by atoms with Gasteiger partial charge in [0.2, 0.25) is 5.91 Å². The fourth-order valence-corrected chi connectivity index (χ4v) is 8.90. The fraction of sp³-hybridized carbons (Fsp3) is 0.410. The molecule has 7 nitrogen and oxygen atoms in total. The smallest absolute Gasteiger partial charge is 0.240 e. The number of benzene rings is 3. The maximum Gasteiger partial charge on any atom is 0.240 e. The zero-order valence-electron chi connectivity index (χ0n) is 27.2. The first-order valence-corrected chi connectivity index (χ1v) is 17.2. The van der Waals surface area contributed by atoms with E-state index in [9.17, 15) is 4.79 Å². The lowest BCUT2D eigenvalue weighted by atomic mass is 9.76. The third-order valence-electron chi connectivity index (χ3n) is 11.2. The number of rotatable bonds is 7. The van der Waals surface area contributed by atoms with Crippen LogP contribution in [0.5, 0.6) is 0 Å². The number of likely N-dealkylation sites (tertiary alicyclic amines) is 1. The summed E-state index contributed by atoms with van der Waals surface area (Å²) in [7, 11) is 1.88. The van der Waals surface area contributed by atoms with Crippen molar-refractivity contribution >= 4 is 16.9 Å². The van der Waals surface area contributed by atoms with Crippen LogP contribution in [0.25, 0.3) is 44.5 Å². The number of hydrogen-bond acceptors (Lipinski definition) is 4. The summed E-state index contributed by atoms with van der Waals surface area (Å²) in [6, 6.07) is 20.2. The van der Waals surface area contributed by atoms with Gasteiger partial charge in [0.15, 0.2) is 0 Å². The average Bonchev–Trinajstić information content (AvgIpc) is 3.92. The number of carbonyl (C=O) groups is 1. The Hall–Kier alpha value is -4.23. The summed E-state index contributed by atoms with van der Waals surface area (Å²) in [4.78, 5) is 31.7. The Balaban J connectivity index is 1.16. The van der Waals surface area contributed by atoms with E-state index in [-0.39, 0.29) is 29.3 Å². The predicted molar refractivity (Wildman–Crippen MR) is 184 cm³/mol. The Morgan fingerprint density at radius 3 is 2.46 bits per heavy atom. The van der Waals surface area contributed by atoms with Gasteiger partial charge in [-0.25, -0.2) is 9.97 Å². The molecule has 1 saturated heterocycles. The van der Waals surface area contributed by atoms with Gasteiger partial charge in [0.05, 0.1) is 41.3 Å². The monoisotopic (exact) mass is 612 g/mol. The third kappa shape index (κ3) is 4.79. The number of fused-ring (bicyclic) bond motifs is 3. The fourth-order valence-electron chi connectivity index (χ4n) is 8.90. The molecule has 0 radical (unpaired) electrons. The van der Waals surface area contributed by atoms with Gasteiger partial charge in [-0.15, -0.1) is 0 Å². The van der Waals surface area contributed by atoms with E-state index in [1.54, 1.807) is 11.9 Å². The van der Waals surface area contributed by atoms with Gasteiger partial charge in [-0.2, -0.15) is 0 Å². The second kappa shape index (κ2) is 11.5. The van der Waals surface area contributed by atoms with E-state index in [0.29, 0.717) is 0 Å². The number of imidazole rings is 2. The van der Waals surface area contributed by atoms with Gasteiger partial charge < -0.3 is 20.2 Å². The number of aromatic amines is 2. The molecular formula is C39H44N6O. The average molecular weight is 613 g/mol. The zero-order valence-corrected chi connectivity index (χ0v) is 27.2. The summed E-state index contributed by atoms with van der Waals surface area (Å²) in [5.41, 5.74) is 12.9. The molecule has 3 aliphatic rings. The number of amides is 1. The Labute approximate surface area is 271 Å². The van der Waals surface area contributed by atoms with E-state index >= 15 is 0 Å². The Bertz CT molecular complexity index is 1880. The first-order valence-electron chi connectivity index (χ1n) is 17.2. The highest BCUT2D eigenvalue weighted by Crippen LogP contribution is 2.55. The van der Waals surface area contributed by atoms with Crippen LogP contribution >= 0.6 is 0 Å². The zero-order chi connectivity index (χ0) is 31.4. The minimum absolute atomic E-state index is 0.0112. The van der Waals surface area contributed by atoms with E-state index in [0.717, 1.165) is 53.9 Å². The molecule has 2 unspecified atom stereocenters. The molecule has 0 bridgehead atoms. The standard InChI is InChI=1S/C39H44N6O/c1-24(2)36(40-3)38(46)45-20-6-7-34(45)37-43-31-15-12-27(21-32(31)44-37)29-14-13-28(30-16-19-39(35(29)30)17-4-5-18-39)25-8-10-26(11-9-25)33-22-41-23-42-33/h8-15,21-24,34,36,40H,4-7,16-20H2,1-3H3,(H,41,42)(H,43,44). The normalized spacial score (nSPS) is 19.5. The molecule has 7 heteroatoms. The number of aromatic nitrogens is 4. The predicted octanol–water partition coefficient (Wildman–Crippen LogP) is 7.95. The number of likely N-dealkylation sites (N-methyl/N-ethyl adjacent to an activating group) is 1. The molecule has 2 atom stereocenters. The molecule has 2 aliphatic carbocycles. The van der Waals surface area contributed by atoms with Crippen LogP contribution in [0.1, 0.15) is 81.8 Å². The molecule has 1 saturated carbocycles. The summed E-state index contributed by atoms with van der Waals surface area (Å²) < 4.78 is 0. The van der Waals surface area contributed by atoms with E-state index in [1.165, 1.54) is 59.9 Å². The highest BCUT2D eigenvalue weighted by molar-refractivity contribution is 5.87. The first-order chi connectivity index (χ1) is 22.5. The molecule has 3 N–H and O–H groups in total. The van der Waals surface area contributed by atoms with E-state index in [1.807, 2.05) is 18.1 Å². The SMILES string of the molecule is CNC(C(=O)N1CCCC1c1nc2ccc(-c3ccc(-c4ccc(-c5cnc[nH]5)cc4)c4c3C3(CCCC3)CC4)cc2[nH]1)C(C)C. The molecule has 1 aliphatic heterocycles. The van der Waals surface area contributed by atoms with Crippen molar-refractivity contribution in [3.05, 3.63) is 84.1 Å². The highest BCUT2D eigenvalue weighted by atomic mass is 16.2. The summed E-state index contributed by atoms with van der Waals surface area (Å²) in [6.45, 7) is 4.98. The number of hydrogen-bond donors (Lipinski definition) is 3. The van der Waals surface area contributed by atoms with Gasteiger partial charge in [0, 0.05) is 6.54 Å². The number of H-pyrrole nitrogens is 2. The van der Waals surface area contributed by atoms with Crippen LogP contribution in [0.4, 0.5) is 0 Å². The second-order valence-electron chi connectivity index (χ2n) is 14.1. The van der Waals surface area contributed by atoms with Gasteiger partial charge >= 0.3 is 0 Å². The van der Waals surface area contributed by atoms with Crippen molar-refractivity contribution < 1.29 is 4.79 Å². The molecule has 46 heavy (non-hydrogen) atoms. The van der Waals surface area contributed by atoms with Gasteiger partial charge in [0.1, 0.15) is 5.82 Å². The second-order valence-corrected chi connectivity index (χ2v) is 14.1. The number of nitrogens with one attached hydrogen (secondary N) is 3. The third-order valence-corrected chi connectivity index (χ3v) is 11.2. The van der Waals surface area contributed by atoms with E-state index in [4.69, 9.17) is 4.98 Å². The number of nitrogens with zero attached hydrogens (tertiary/aromatic N) is 3. The van der Waals surface area contributed by atoms with Crippen LogP contribution in [0.3, 0.4) is 0 Å².